The Labute approximate surface area is 121 Å². The summed E-state index contributed by atoms with van der Waals surface area (Å²) in [6.45, 7) is 2.46. The highest BCUT2D eigenvalue weighted by molar-refractivity contribution is 5.57. The zero-order valence-corrected chi connectivity index (χ0v) is 12.3. The molecule has 0 amide bonds. The number of aliphatic hydroxyl groups excluding tert-OH is 1. The average molecular weight is 275 g/mol. The maximum absolute atomic E-state index is 8.95. The first-order chi connectivity index (χ1) is 9.85. The minimum absolute atomic E-state index is 0.307. The SMILES string of the molecule is COc1ccccc1/C=C/CN1CCCC1CCCO. The van der Waals surface area contributed by atoms with Crippen molar-refractivity contribution in [1.29, 1.82) is 0 Å². The van der Waals surface area contributed by atoms with Crippen molar-refractivity contribution in [2.24, 2.45) is 0 Å². The van der Waals surface area contributed by atoms with Gasteiger partial charge in [-0.15, -0.1) is 0 Å². The first-order valence-corrected chi connectivity index (χ1v) is 7.49. The Morgan fingerprint density at radius 2 is 2.25 bits per heavy atom. The number of methoxy groups -OCH3 is 1. The molecule has 2 rings (SSSR count). The molecule has 20 heavy (non-hydrogen) atoms. The summed E-state index contributed by atoms with van der Waals surface area (Å²) in [7, 11) is 1.71. The summed E-state index contributed by atoms with van der Waals surface area (Å²) >= 11 is 0. The van der Waals surface area contributed by atoms with Crippen LogP contribution in [-0.4, -0.2) is 42.9 Å². The summed E-state index contributed by atoms with van der Waals surface area (Å²) in [4.78, 5) is 2.52. The summed E-state index contributed by atoms with van der Waals surface area (Å²) in [6, 6.07) is 8.72. The molecule has 1 saturated heterocycles. The smallest absolute Gasteiger partial charge is 0.126 e. The third kappa shape index (κ3) is 4.09. The molecule has 1 aromatic carbocycles. The fourth-order valence-corrected chi connectivity index (χ4v) is 2.91. The van der Waals surface area contributed by atoms with Crippen molar-refractivity contribution in [3.63, 3.8) is 0 Å². The van der Waals surface area contributed by atoms with Gasteiger partial charge in [-0.25, -0.2) is 0 Å². The van der Waals surface area contributed by atoms with Gasteiger partial charge in [0.2, 0.25) is 0 Å². The number of hydrogen-bond donors (Lipinski definition) is 1. The predicted molar refractivity (Wildman–Crippen MR) is 82.9 cm³/mol. The minimum atomic E-state index is 0.307. The van der Waals surface area contributed by atoms with Gasteiger partial charge in [-0.05, 0) is 38.3 Å². The molecule has 1 aromatic rings. The van der Waals surface area contributed by atoms with Crippen molar-refractivity contribution in [2.45, 2.75) is 31.7 Å². The minimum Gasteiger partial charge on any atom is -0.496 e. The van der Waals surface area contributed by atoms with Gasteiger partial charge >= 0.3 is 0 Å². The Hall–Kier alpha value is -1.32. The summed E-state index contributed by atoms with van der Waals surface area (Å²) in [6.07, 6.45) is 8.92. The van der Waals surface area contributed by atoms with Crippen molar-refractivity contribution in [3.05, 3.63) is 35.9 Å². The number of para-hydroxylation sites is 1. The Morgan fingerprint density at radius 3 is 3.05 bits per heavy atom. The van der Waals surface area contributed by atoms with E-state index in [1.54, 1.807) is 7.11 Å². The molecule has 1 atom stereocenters. The summed E-state index contributed by atoms with van der Waals surface area (Å²) in [5, 5.41) is 8.95. The summed E-state index contributed by atoms with van der Waals surface area (Å²) in [5.41, 5.74) is 1.13. The first kappa shape index (κ1) is 15.1. The fourth-order valence-electron chi connectivity index (χ4n) is 2.91. The van der Waals surface area contributed by atoms with E-state index in [-0.39, 0.29) is 0 Å². The lowest BCUT2D eigenvalue weighted by Gasteiger charge is -2.22. The van der Waals surface area contributed by atoms with Crippen LogP contribution in [0.5, 0.6) is 5.75 Å². The largest absolute Gasteiger partial charge is 0.496 e. The number of aliphatic hydroxyl groups is 1. The second-order valence-electron chi connectivity index (χ2n) is 5.30. The Balaban J connectivity index is 1.89. The third-order valence-electron chi connectivity index (χ3n) is 3.97. The van der Waals surface area contributed by atoms with E-state index in [0.717, 1.165) is 30.7 Å². The van der Waals surface area contributed by atoms with E-state index < -0.39 is 0 Å². The third-order valence-corrected chi connectivity index (χ3v) is 3.97. The molecule has 3 nitrogen and oxygen atoms in total. The van der Waals surface area contributed by atoms with Gasteiger partial charge in [0.25, 0.3) is 0 Å². The molecule has 0 saturated carbocycles. The number of nitrogens with zero attached hydrogens (tertiary/aromatic N) is 1. The summed E-state index contributed by atoms with van der Waals surface area (Å²) in [5.74, 6) is 0.919. The second kappa shape index (κ2) is 8.08. The van der Waals surface area contributed by atoms with Gasteiger partial charge in [-0.1, -0.05) is 30.4 Å². The van der Waals surface area contributed by atoms with E-state index in [0.29, 0.717) is 12.6 Å². The van der Waals surface area contributed by atoms with Crippen LogP contribution in [0.3, 0.4) is 0 Å². The van der Waals surface area contributed by atoms with Crippen molar-refractivity contribution in [2.75, 3.05) is 26.8 Å². The zero-order valence-electron chi connectivity index (χ0n) is 12.3. The first-order valence-electron chi connectivity index (χ1n) is 7.49. The van der Waals surface area contributed by atoms with E-state index >= 15 is 0 Å². The van der Waals surface area contributed by atoms with Gasteiger partial charge in [-0.2, -0.15) is 0 Å². The lowest BCUT2D eigenvalue weighted by molar-refractivity contribution is 0.230. The maximum atomic E-state index is 8.95. The monoisotopic (exact) mass is 275 g/mol. The number of ether oxygens (including phenoxy) is 1. The van der Waals surface area contributed by atoms with Crippen LogP contribution in [0.25, 0.3) is 6.08 Å². The van der Waals surface area contributed by atoms with E-state index in [1.165, 1.54) is 19.4 Å². The molecule has 1 aliphatic heterocycles. The summed E-state index contributed by atoms with van der Waals surface area (Å²) < 4.78 is 5.35. The Morgan fingerprint density at radius 1 is 1.40 bits per heavy atom. The van der Waals surface area contributed by atoms with E-state index in [9.17, 15) is 0 Å². The molecule has 1 N–H and O–H groups in total. The quantitative estimate of drug-likeness (QED) is 0.830. The molecule has 3 heteroatoms. The zero-order chi connectivity index (χ0) is 14.2. The molecular weight excluding hydrogens is 250 g/mol. The molecule has 0 bridgehead atoms. The van der Waals surface area contributed by atoms with Gasteiger partial charge in [-0.3, -0.25) is 4.90 Å². The normalized spacial score (nSPS) is 19.8. The second-order valence-corrected chi connectivity index (χ2v) is 5.30. The lowest BCUT2D eigenvalue weighted by Crippen LogP contribution is -2.29. The number of rotatable bonds is 7. The number of benzene rings is 1. The lowest BCUT2D eigenvalue weighted by atomic mass is 10.1. The molecule has 0 aliphatic carbocycles. The molecular formula is C17H25NO2. The number of likely N-dealkylation sites (tertiary alicyclic amines) is 1. The molecule has 1 fully saturated rings. The van der Waals surface area contributed by atoms with Crippen LogP contribution in [0.1, 0.15) is 31.2 Å². The molecule has 110 valence electrons. The van der Waals surface area contributed by atoms with Gasteiger partial charge in [0.1, 0.15) is 5.75 Å². The van der Waals surface area contributed by atoms with Crippen LogP contribution >= 0.6 is 0 Å². The van der Waals surface area contributed by atoms with E-state index in [2.05, 4.69) is 23.1 Å². The van der Waals surface area contributed by atoms with Gasteiger partial charge in [0, 0.05) is 24.8 Å². The fraction of sp³-hybridized carbons (Fsp3) is 0.529. The Bertz CT molecular complexity index is 431. The number of hydrogen-bond acceptors (Lipinski definition) is 3. The van der Waals surface area contributed by atoms with E-state index in [4.69, 9.17) is 9.84 Å². The average Bonchev–Trinajstić information content (AvgIpc) is 2.93. The molecule has 1 aliphatic rings. The standard InChI is InChI=1S/C17H25NO2/c1-20-17-11-3-2-7-15(17)8-4-12-18-13-5-9-16(18)10-6-14-19/h2-4,7-8,11,16,19H,5-6,9-10,12-14H2,1H3/b8-4+. The van der Waals surface area contributed by atoms with Crippen molar-refractivity contribution in [3.8, 4) is 5.75 Å². The van der Waals surface area contributed by atoms with Crippen molar-refractivity contribution < 1.29 is 9.84 Å². The van der Waals surface area contributed by atoms with Gasteiger partial charge < -0.3 is 9.84 Å². The maximum Gasteiger partial charge on any atom is 0.126 e. The highest BCUT2D eigenvalue weighted by Gasteiger charge is 2.22. The van der Waals surface area contributed by atoms with Crippen LogP contribution in [0, 0.1) is 0 Å². The predicted octanol–water partition coefficient (Wildman–Crippen LogP) is 2.95. The van der Waals surface area contributed by atoms with Crippen LogP contribution < -0.4 is 4.74 Å². The van der Waals surface area contributed by atoms with E-state index in [1.807, 2.05) is 18.2 Å². The van der Waals surface area contributed by atoms with Gasteiger partial charge in [0.05, 0.1) is 7.11 Å². The molecule has 1 unspecified atom stereocenters. The highest BCUT2D eigenvalue weighted by Crippen LogP contribution is 2.22. The topological polar surface area (TPSA) is 32.7 Å². The van der Waals surface area contributed by atoms with Crippen LogP contribution in [0.4, 0.5) is 0 Å². The molecule has 0 spiro atoms. The molecule has 0 radical (unpaired) electrons. The van der Waals surface area contributed by atoms with Crippen LogP contribution in [-0.2, 0) is 0 Å². The van der Waals surface area contributed by atoms with Crippen LogP contribution in [0.2, 0.25) is 0 Å². The van der Waals surface area contributed by atoms with Crippen molar-refractivity contribution in [1.82, 2.24) is 4.90 Å². The van der Waals surface area contributed by atoms with Gasteiger partial charge in [0.15, 0.2) is 0 Å². The molecule has 1 heterocycles. The Kier molecular flexibility index (Phi) is 6.09. The van der Waals surface area contributed by atoms with Crippen molar-refractivity contribution >= 4 is 6.08 Å². The highest BCUT2D eigenvalue weighted by atomic mass is 16.5. The molecule has 0 aromatic heterocycles. The van der Waals surface area contributed by atoms with Crippen LogP contribution in [0.15, 0.2) is 30.3 Å².